The molecule has 0 aromatic heterocycles. The quantitative estimate of drug-likeness (QED) is 0.245. The van der Waals surface area contributed by atoms with Gasteiger partial charge < -0.3 is 21.4 Å². The largest absolute Gasteiger partial charge is 3.00 e. The molecule has 0 spiro atoms. The summed E-state index contributed by atoms with van der Waals surface area (Å²) < 4.78 is 0. The zero-order valence-corrected chi connectivity index (χ0v) is 20.5. The number of nitro groups is 2. The molecular formula is C20H26CrN6O8+3. The van der Waals surface area contributed by atoms with E-state index in [0.29, 0.717) is 34.2 Å². The van der Waals surface area contributed by atoms with E-state index in [-0.39, 0.29) is 39.7 Å². The molecule has 2 aromatic carbocycles. The van der Waals surface area contributed by atoms with Crippen LogP contribution in [0.1, 0.15) is 27.7 Å². The second-order valence-corrected chi connectivity index (χ2v) is 6.32. The van der Waals surface area contributed by atoms with Crippen molar-refractivity contribution < 1.29 is 48.6 Å². The minimum atomic E-state index is -0.485. The number of nitro benzene ring substituents is 2. The molecule has 0 aliphatic rings. The maximum Gasteiger partial charge on any atom is 3.00 e. The number of hydrogen-bond donors (Lipinski definition) is 2. The Kier molecular flexibility index (Phi) is 17.7. The van der Waals surface area contributed by atoms with Crippen LogP contribution in [0.3, 0.4) is 0 Å². The number of aliphatic imine (C=N–C) groups is 2. The van der Waals surface area contributed by atoms with Gasteiger partial charge in [-0.1, -0.05) is 22.4 Å². The van der Waals surface area contributed by atoms with Gasteiger partial charge in [0.25, 0.3) is 11.4 Å². The van der Waals surface area contributed by atoms with Crippen molar-refractivity contribution in [3.8, 4) is 0 Å². The van der Waals surface area contributed by atoms with Gasteiger partial charge in [0.15, 0.2) is 0 Å². The molecule has 0 bridgehead atoms. The third-order valence-electron chi connectivity index (χ3n) is 4.02. The standard InChI is InChI=1S/2C10H11N3O3.Cr.2H2O/c2*1-7(8(2)12-14)11-9-4-3-5-10(6-9)13(15)16;;;/h2*3-6,14H,1-2H3;;2*1H2/q;;+3;;/b2*11-7?,12-8-;;;. The van der Waals surface area contributed by atoms with Crippen LogP contribution in [0.2, 0.25) is 0 Å². The van der Waals surface area contributed by atoms with Crippen molar-refractivity contribution in [3.63, 3.8) is 0 Å². The summed E-state index contributed by atoms with van der Waals surface area (Å²) >= 11 is 0. The van der Waals surface area contributed by atoms with E-state index in [1.54, 1.807) is 52.0 Å². The fraction of sp³-hybridized carbons (Fsp3) is 0.200. The van der Waals surface area contributed by atoms with Gasteiger partial charge in [-0.15, -0.1) is 0 Å². The second kappa shape index (κ2) is 17.4. The Labute approximate surface area is 211 Å². The number of benzene rings is 2. The number of oxime groups is 2. The van der Waals surface area contributed by atoms with Crippen molar-refractivity contribution in [2.24, 2.45) is 20.3 Å². The molecule has 14 nitrogen and oxygen atoms in total. The normalized spacial score (nSPS) is 11.5. The fourth-order valence-electron chi connectivity index (χ4n) is 2.05. The topological polar surface area (TPSA) is 239 Å². The van der Waals surface area contributed by atoms with E-state index >= 15 is 0 Å². The number of hydrogen-bond acceptors (Lipinski definition) is 10. The molecule has 0 unspecified atom stereocenters. The van der Waals surface area contributed by atoms with Crippen LogP contribution in [-0.2, 0) is 17.4 Å². The van der Waals surface area contributed by atoms with Crippen molar-refractivity contribution >= 4 is 45.6 Å². The summed E-state index contributed by atoms with van der Waals surface area (Å²) in [6, 6.07) is 11.9. The Morgan fingerprint density at radius 1 is 0.686 bits per heavy atom. The molecule has 0 aliphatic heterocycles. The second-order valence-electron chi connectivity index (χ2n) is 6.32. The third kappa shape index (κ3) is 12.1. The molecule has 15 heteroatoms. The third-order valence-corrected chi connectivity index (χ3v) is 4.02. The molecule has 0 saturated carbocycles. The van der Waals surface area contributed by atoms with E-state index in [1.165, 1.54) is 24.3 Å². The van der Waals surface area contributed by atoms with Crippen LogP contribution in [0, 0.1) is 20.2 Å². The SMILES string of the molecule is CC(=Nc1cccc([N+](=O)[O-])c1)/C(C)=N\O.CC(=Nc1cccc([N+](=O)[O-])c1)/C(C)=N\O.O.O.[Cr+3]. The molecule has 0 heterocycles. The summed E-state index contributed by atoms with van der Waals surface area (Å²) in [6.45, 7) is 6.51. The Bertz CT molecular complexity index is 1030. The van der Waals surface area contributed by atoms with Gasteiger partial charge in [-0.05, 0) is 39.8 Å². The van der Waals surface area contributed by atoms with Crippen molar-refractivity contribution in [3.05, 3.63) is 68.8 Å². The summed E-state index contributed by atoms with van der Waals surface area (Å²) in [7, 11) is 0. The Morgan fingerprint density at radius 2 is 1.00 bits per heavy atom. The van der Waals surface area contributed by atoms with Crippen molar-refractivity contribution in [1.82, 2.24) is 0 Å². The van der Waals surface area contributed by atoms with E-state index in [0.717, 1.165) is 0 Å². The first kappa shape index (κ1) is 35.6. The van der Waals surface area contributed by atoms with Crippen LogP contribution in [0.5, 0.6) is 0 Å². The molecule has 1 radical (unpaired) electrons. The van der Waals surface area contributed by atoms with E-state index in [4.69, 9.17) is 10.4 Å². The maximum absolute atomic E-state index is 10.5. The van der Waals surface area contributed by atoms with Gasteiger partial charge in [-0.2, -0.15) is 0 Å². The first-order valence-corrected chi connectivity index (χ1v) is 9.06. The summed E-state index contributed by atoms with van der Waals surface area (Å²) in [4.78, 5) is 28.3. The van der Waals surface area contributed by atoms with E-state index < -0.39 is 9.85 Å². The van der Waals surface area contributed by atoms with E-state index in [1.807, 2.05) is 0 Å². The molecule has 0 atom stereocenters. The first-order valence-electron chi connectivity index (χ1n) is 9.06. The maximum atomic E-state index is 10.5. The van der Waals surface area contributed by atoms with Crippen LogP contribution in [0.25, 0.3) is 0 Å². The Morgan fingerprint density at radius 3 is 1.26 bits per heavy atom. The van der Waals surface area contributed by atoms with Crippen LogP contribution >= 0.6 is 0 Å². The van der Waals surface area contributed by atoms with Gasteiger partial charge >= 0.3 is 17.4 Å². The minimum Gasteiger partial charge on any atom is -0.412 e. The van der Waals surface area contributed by atoms with Gasteiger partial charge in [0, 0.05) is 24.3 Å². The predicted molar refractivity (Wildman–Crippen MR) is 129 cm³/mol. The van der Waals surface area contributed by atoms with Gasteiger partial charge in [0.05, 0.1) is 44.1 Å². The van der Waals surface area contributed by atoms with Gasteiger partial charge in [-0.25, -0.2) is 0 Å². The smallest absolute Gasteiger partial charge is 0.412 e. The zero-order valence-electron chi connectivity index (χ0n) is 19.2. The number of rotatable bonds is 6. The zero-order chi connectivity index (χ0) is 24.3. The number of non-ortho nitro benzene ring substituents is 2. The summed E-state index contributed by atoms with van der Waals surface area (Å²) in [5.41, 5.74) is 2.61. The Hall–Kier alpha value is -4.03. The molecule has 2 aromatic rings. The Balaban J connectivity index is -0.000000539. The molecule has 187 valence electrons. The van der Waals surface area contributed by atoms with Crippen LogP contribution in [0.4, 0.5) is 22.7 Å². The molecule has 35 heavy (non-hydrogen) atoms. The minimum absolute atomic E-state index is 0. The fourth-order valence-corrected chi connectivity index (χ4v) is 2.05. The van der Waals surface area contributed by atoms with E-state index in [9.17, 15) is 20.2 Å². The van der Waals surface area contributed by atoms with Crippen LogP contribution in [-0.4, -0.2) is 54.1 Å². The summed E-state index contributed by atoms with van der Waals surface area (Å²) in [5.74, 6) is 0. The molecule has 6 N–H and O–H groups in total. The summed E-state index contributed by atoms with van der Waals surface area (Å²) in [5, 5.41) is 44.1. The van der Waals surface area contributed by atoms with Crippen molar-refractivity contribution in [2.75, 3.05) is 0 Å². The van der Waals surface area contributed by atoms with Gasteiger partial charge in [0.1, 0.15) is 0 Å². The first-order chi connectivity index (χ1) is 15.1. The van der Waals surface area contributed by atoms with Gasteiger partial charge in [0.2, 0.25) is 0 Å². The molecule has 0 aliphatic carbocycles. The predicted octanol–water partition coefficient (Wildman–Crippen LogP) is 3.42. The molecule has 0 fully saturated rings. The molecular weight excluding hydrogens is 504 g/mol. The molecule has 0 saturated heterocycles. The average molecular weight is 530 g/mol. The van der Waals surface area contributed by atoms with Crippen LogP contribution < -0.4 is 0 Å². The monoisotopic (exact) mass is 530 g/mol. The van der Waals surface area contributed by atoms with Crippen molar-refractivity contribution in [1.29, 1.82) is 0 Å². The van der Waals surface area contributed by atoms with Gasteiger partial charge in [-0.3, -0.25) is 30.2 Å². The van der Waals surface area contributed by atoms with E-state index in [2.05, 4.69) is 20.3 Å². The van der Waals surface area contributed by atoms with Crippen molar-refractivity contribution in [2.45, 2.75) is 27.7 Å². The average Bonchev–Trinajstić information content (AvgIpc) is 2.78. The number of nitrogens with zero attached hydrogens (tertiary/aromatic N) is 6. The molecule has 0 amide bonds. The molecule has 2 rings (SSSR count). The van der Waals surface area contributed by atoms with Crippen LogP contribution in [0.15, 0.2) is 68.8 Å². The summed E-state index contributed by atoms with van der Waals surface area (Å²) in [6.07, 6.45) is 0.